The lowest BCUT2D eigenvalue weighted by Gasteiger charge is -2.27. The highest BCUT2D eigenvalue weighted by Gasteiger charge is 2.19. The lowest BCUT2D eigenvalue weighted by molar-refractivity contribution is 1.28. The number of hydrogen-bond donors (Lipinski definition) is 0. The monoisotopic (exact) mass is 805 g/mol. The molecule has 0 amide bonds. The maximum absolute atomic E-state index is 2.41. The summed E-state index contributed by atoms with van der Waals surface area (Å²) in [7, 11) is 0. The highest BCUT2D eigenvalue weighted by molar-refractivity contribution is 7.26. The second kappa shape index (κ2) is 15.0. The molecule has 0 bridgehead atoms. The van der Waals surface area contributed by atoms with Crippen molar-refractivity contribution in [3.63, 3.8) is 0 Å². The maximum Gasteiger partial charge on any atom is 0.0468 e. The van der Waals surface area contributed by atoms with Crippen molar-refractivity contribution in [3.05, 3.63) is 237 Å². The van der Waals surface area contributed by atoms with E-state index in [0.717, 1.165) is 17.1 Å². The molecule has 0 atom stereocenters. The molecular formula is C60H39NS. The third kappa shape index (κ3) is 6.24. The lowest BCUT2D eigenvalue weighted by Crippen LogP contribution is -2.10. The zero-order chi connectivity index (χ0) is 41.0. The van der Waals surface area contributed by atoms with Gasteiger partial charge >= 0.3 is 0 Å². The predicted octanol–water partition coefficient (Wildman–Crippen LogP) is 17.7. The van der Waals surface area contributed by atoms with Crippen LogP contribution in [0.3, 0.4) is 0 Å². The van der Waals surface area contributed by atoms with Gasteiger partial charge in [-0.2, -0.15) is 0 Å². The van der Waals surface area contributed by atoms with E-state index in [1.54, 1.807) is 0 Å². The summed E-state index contributed by atoms with van der Waals surface area (Å²) in [5.41, 5.74) is 13.0. The molecule has 1 heterocycles. The van der Waals surface area contributed by atoms with Crippen molar-refractivity contribution in [2.24, 2.45) is 0 Å². The molecule has 0 fully saturated rings. The van der Waals surface area contributed by atoms with Crippen molar-refractivity contribution in [1.29, 1.82) is 0 Å². The highest BCUT2D eigenvalue weighted by Crippen LogP contribution is 2.45. The molecule has 0 aliphatic heterocycles. The van der Waals surface area contributed by atoms with Crippen LogP contribution in [0.2, 0.25) is 0 Å². The van der Waals surface area contributed by atoms with E-state index in [-0.39, 0.29) is 0 Å². The first-order chi connectivity index (χ1) is 30.7. The Labute approximate surface area is 365 Å². The van der Waals surface area contributed by atoms with Crippen LogP contribution in [-0.2, 0) is 0 Å². The van der Waals surface area contributed by atoms with Crippen LogP contribution >= 0.6 is 11.3 Å². The van der Waals surface area contributed by atoms with Gasteiger partial charge in [-0.3, -0.25) is 0 Å². The molecule has 0 N–H and O–H groups in total. The minimum Gasteiger partial charge on any atom is -0.310 e. The van der Waals surface area contributed by atoms with Crippen LogP contribution in [0.5, 0.6) is 0 Å². The van der Waals surface area contributed by atoms with Crippen molar-refractivity contribution >= 4 is 80.9 Å². The summed E-state index contributed by atoms with van der Waals surface area (Å²) in [6.07, 6.45) is 0. The zero-order valence-electron chi connectivity index (χ0n) is 33.9. The van der Waals surface area contributed by atoms with E-state index in [4.69, 9.17) is 0 Å². The van der Waals surface area contributed by atoms with Gasteiger partial charge in [-0.25, -0.2) is 0 Å². The quantitative estimate of drug-likeness (QED) is 0.155. The summed E-state index contributed by atoms with van der Waals surface area (Å²) in [5.74, 6) is 0. The third-order valence-corrected chi connectivity index (χ3v) is 13.6. The Morgan fingerprint density at radius 1 is 0.258 bits per heavy atom. The van der Waals surface area contributed by atoms with E-state index in [9.17, 15) is 0 Å². The van der Waals surface area contributed by atoms with Crippen LogP contribution < -0.4 is 4.90 Å². The molecule has 0 radical (unpaired) electrons. The van der Waals surface area contributed by atoms with Gasteiger partial charge in [-0.15, -0.1) is 11.3 Å². The second-order valence-corrected chi connectivity index (χ2v) is 17.1. The van der Waals surface area contributed by atoms with E-state index >= 15 is 0 Å². The fourth-order valence-corrected chi connectivity index (χ4v) is 10.6. The van der Waals surface area contributed by atoms with Crippen molar-refractivity contribution in [2.45, 2.75) is 0 Å². The Bertz CT molecular complexity index is 3610. The number of fused-ring (bicyclic) bond motifs is 6. The number of rotatable bonds is 7. The minimum absolute atomic E-state index is 1.09. The molecule has 0 unspecified atom stereocenters. The Balaban J connectivity index is 1.02. The summed E-state index contributed by atoms with van der Waals surface area (Å²) < 4.78 is 2.63. The molecule has 0 aliphatic rings. The molecule has 0 aliphatic carbocycles. The highest BCUT2D eigenvalue weighted by atomic mass is 32.1. The average Bonchev–Trinajstić information content (AvgIpc) is 3.71. The largest absolute Gasteiger partial charge is 0.310 e. The van der Waals surface area contributed by atoms with Gasteiger partial charge in [0.05, 0.1) is 0 Å². The number of thiophene rings is 1. The van der Waals surface area contributed by atoms with E-state index < -0.39 is 0 Å². The van der Waals surface area contributed by atoms with Crippen LogP contribution in [0.15, 0.2) is 237 Å². The van der Waals surface area contributed by atoms with Gasteiger partial charge < -0.3 is 4.90 Å². The molecule has 12 aromatic rings. The van der Waals surface area contributed by atoms with Crippen LogP contribution in [0.1, 0.15) is 0 Å². The normalized spacial score (nSPS) is 11.5. The molecule has 0 saturated heterocycles. The van der Waals surface area contributed by atoms with Crippen LogP contribution in [0.25, 0.3) is 97.0 Å². The Morgan fingerprint density at radius 2 is 0.758 bits per heavy atom. The van der Waals surface area contributed by atoms with Gasteiger partial charge in [-0.05, 0) is 131 Å². The van der Waals surface area contributed by atoms with Crippen molar-refractivity contribution in [3.8, 4) is 44.5 Å². The van der Waals surface area contributed by atoms with Crippen LogP contribution in [-0.4, -0.2) is 0 Å². The molecule has 0 saturated carbocycles. The van der Waals surface area contributed by atoms with E-state index in [1.807, 2.05) is 11.3 Å². The van der Waals surface area contributed by atoms with Crippen molar-refractivity contribution in [2.75, 3.05) is 4.90 Å². The van der Waals surface area contributed by atoms with Crippen molar-refractivity contribution in [1.82, 2.24) is 0 Å². The topological polar surface area (TPSA) is 3.24 Å². The lowest BCUT2D eigenvalue weighted by atomic mass is 9.90. The molecule has 1 aromatic heterocycles. The van der Waals surface area contributed by atoms with Crippen LogP contribution in [0, 0.1) is 0 Å². The van der Waals surface area contributed by atoms with Gasteiger partial charge in [0.25, 0.3) is 0 Å². The van der Waals surface area contributed by atoms with Gasteiger partial charge in [0, 0.05) is 37.2 Å². The van der Waals surface area contributed by atoms with Gasteiger partial charge in [0.2, 0.25) is 0 Å². The third-order valence-electron chi connectivity index (χ3n) is 12.5. The Kier molecular flexibility index (Phi) is 8.76. The number of hydrogen-bond acceptors (Lipinski definition) is 2. The van der Waals surface area contributed by atoms with Crippen molar-refractivity contribution < 1.29 is 0 Å². The standard InChI is InChI=1S/C60H39NS/c1-2-13-42(14-3-1)56-39-49(35-36-55(56)54-25-11-20-41-16-7-9-22-52(41)54)61(47-31-27-43(28-32-47)51-23-10-19-40-15-6-8-21-50(40)51)48-33-29-44(30-34-48)53-24-12-26-58-60(53)57-37-45-17-4-5-18-46(45)38-59(57)62-58/h1-39H. The van der Waals surface area contributed by atoms with Gasteiger partial charge in [0.15, 0.2) is 0 Å². The fraction of sp³-hybridized carbons (Fsp3) is 0. The van der Waals surface area contributed by atoms with E-state index in [1.165, 1.54) is 97.0 Å². The molecule has 62 heavy (non-hydrogen) atoms. The fourth-order valence-electron chi connectivity index (χ4n) is 9.48. The number of nitrogens with zero attached hydrogens (tertiary/aromatic N) is 1. The van der Waals surface area contributed by atoms with Crippen LogP contribution in [0.4, 0.5) is 17.1 Å². The first kappa shape index (κ1) is 36.1. The summed E-state index contributed by atoms with van der Waals surface area (Å²) in [6, 6.07) is 86.8. The average molecular weight is 806 g/mol. The first-order valence-electron chi connectivity index (χ1n) is 21.2. The first-order valence-corrected chi connectivity index (χ1v) is 22.1. The molecule has 1 nitrogen and oxygen atoms in total. The Hall–Kier alpha value is -7.78. The van der Waals surface area contributed by atoms with Gasteiger partial charge in [-0.1, -0.05) is 182 Å². The molecule has 2 heteroatoms. The SMILES string of the molecule is c1ccc(-c2cc(N(c3ccc(-c4cccc5ccccc45)cc3)c3ccc(-c4cccc5sc6cc7ccccc7cc6c45)cc3)ccc2-c2cccc3ccccc23)cc1. The molecule has 0 spiro atoms. The van der Waals surface area contributed by atoms with E-state index in [2.05, 4.69) is 241 Å². The summed E-state index contributed by atoms with van der Waals surface area (Å²) in [4.78, 5) is 2.41. The Morgan fingerprint density at radius 3 is 1.45 bits per heavy atom. The smallest absolute Gasteiger partial charge is 0.0468 e. The predicted molar refractivity (Wildman–Crippen MR) is 268 cm³/mol. The molecule has 11 aromatic carbocycles. The van der Waals surface area contributed by atoms with Gasteiger partial charge in [0.1, 0.15) is 0 Å². The molecular weight excluding hydrogens is 767 g/mol. The summed E-state index contributed by atoms with van der Waals surface area (Å²) in [5, 5.41) is 10.2. The summed E-state index contributed by atoms with van der Waals surface area (Å²) in [6.45, 7) is 0. The second-order valence-electron chi connectivity index (χ2n) is 16.1. The van der Waals surface area contributed by atoms with E-state index in [0.29, 0.717) is 0 Å². The summed E-state index contributed by atoms with van der Waals surface area (Å²) >= 11 is 1.88. The number of anilines is 3. The molecule has 290 valence electrons. The zero-order valence-corrected chi connectivity index (χ0v) is 34.7. The molecule has 12 rings (SSSR count). The maximum atomic E-state index is 2.41. The minimum atomic E-state index is 1.09. The number of benzene rings is 11.